The van der Waals surface area contributed by atoms with E-state index in [2.05, 4.69) is 5.32 Å². The Morgan fingerprint density at radius 1 is 1.05 bits per heavy atom. The van der Waals surface area contributed by atoms with Crippen LogP contribution in [0.4, 0.5) is 0 Å². The molecule has 0 aliphatic heterocycles. The van der Waals surface area contributed by atoms with Gasteiger partial charge in [0.05, 0.1) is 11.1 Å². The fourth-order valence-electron chi connectivity index (χ4n) is 2.32. The summed E-state index contributed by atoms with van der Waals surface area (Å²) in [4.78, 5) is 0. The number of rotatable bonds is 3. The first-order valence-electron chi connectivity index (χ1n) is 6.29. The predicted molar refractivity (Wildman–Crippen MR) is 83.6 cm³/mol. The summed E-state index contributed by atoms with van der Waals surface area (Å²) in [5.74, 6) is 0.831. The third kappa shape index (κ3) is 2.42. The Labute approximate surface area is 127 Å². The number of hydrogen-bond donors (Lipinski definition) is 1. The first-order valence-corrected chi connectivity index (χ1v) is 7.05. The SMILES string of the molecule is CNC(c1ccc(Cl)cc1)c1cc2cccc(Cl)c2o1. The molecule has 0 aliphatic carbocycles. The number of furan rings is 1. The van der Waals surface area contributed by atoms with Gasteiger partial charge in [-0.25, -0.2) is 0 Å². The lowest BCUT2D eigenvalue weighted by molar-refractivity contribution is 0.492. The summed E-state index contributed by atoms with van der Waals surface area (Å²) in [5.41, 5.74) is 1.81. The molecule has 3 rings (SSSR count). The lowest BCUT2D eigenvalue weighted by Gasteiger charge is -2.13. The Morgan fingerprint density at radius 3 is 2.45 bits per heavy atom. The van der Waals surface area contributed by atoms with Crippen LogP contribution in [-0.4, -0.2) is 7.05 Å². The second kappa shape index (κ2) is 5.49. The van der Waals surface area contributed by atoms with Crippen LogP contribution in [0.5, 0.6) is 0 Å². The van der Waals surface area contributed by atoms with Crippen molar-refractivity contribution in [2.75, 3.05) is 7.05 Å². The van der Waals surface area contributed by atoms with Gasteiger partial charge in [-0.05, 0) is 36.9 Å². The molecule has 1 heterocycles. The van der Waals surface area contributed by atoms with E-state index in [9.17, 15) is 0 Å². The molecule has 1 aromatic heterocycles. The van der Waals surface area contributed by atoms with E-state index in [1.54, 1.807) is 0 Å². The lowest BCUT2D eigenvalue weighted by Crippen LogP contribution is -2.16. The third-order valence-electron chi connectivity index (χ3n) is 3.29. The highest BCUT2D eigenvalue weighted by Crippen LogP contribution is 2.32. The molecule has 0 radical (unpaired) electrons. The molecule has 0 fully saturated rings. The Morgan fingerprint density at radius 2 is 1.80 bits per heavy atom. The maximum absolute atomic E-state index is 6.15. The highest BCUT2D eigenvalue weighted by Gasteiger charge is 2.17. The van der Waals surface area contributed by atoms with E-state index < -0.39 is 0 Å². The molecule has 3 aromatic rings. The third-order valence-corrected chi connectivity index (χ3v) is 3.84. The number of hydrogen-bond acceptors (Lipinski definition) is 2. The zero-order valence-corrected chi connectivity index (χ0v) is 12.4. The molecule has 1 N–H and O–H groups in total. The summed E-state index contributed by atoms with van der Waals surface area (Å²) in [6, 6.07) is 15.4. The van der Waals surface area contributed by atoms with Gasteiger partial charge < -0.3 is 9.73 Å². The van der Waals surface area contributed by atoms with Crippen molar-refractivity contribution >= 4 is 34.2 Å². The molecule has 0 saturated carbocycles. The fourth-order valence-corrected chi connectivity index (χ4v) is 2.66. The van der Waals surface area contributed by atoms with Gasteiger partial charge in [-0.1, -0.05) is 47.5 Å². The Hall–Kier alpha value is -1.48. The molecule has 4 heteroatoms. The van der Waals surface area contributed by atoms with Gasteiger partial charge in [0, 0.05) is 10.4 Å². The van der Waals surface area contributed by atoms with Crippen molar-refractivity contribution in [3.8, 4) is 0 Å². The molecule has 0 amide bonds. The van der Waals surface area contributed by atoms with Gasteiger partial charge in [-0.3, -0.25) is 0 Å². The zero-order chi connectivity index (χ0) is 14.1. The summed E-state index contributed by atoms with van der Waals surface area (Å²) in [6.45, 7) is 0. The van der Waals surface area contributed by atoms with Crippen molar-refractivity contribution in [2.24, 2.45) is 0 Å². The largest absolute Gasteiger partial charge is 0.457 e. The smallest absolute Gasteiger partial charge is 0.152 e. The first-order chi connectivity index (χ1) is 9.69. The molecule has 0 spiro atoms. The van der Waals surface area contributed by atoms with Gasteiger partial charge in [0.25, 0.3) is 0 Å². The molecule has 0 saturated heterocycles. The van der Waals surface area contributed by atoms with E-state index in [1.165, 1.54) is 0 Å². The number of nitrogens with one attached hydrogen (secondary N) is 1. The fraction of sp³-hybridized carbons (Fsp3) is 0.125. The minimum atomic E-state index is -0.0317. The van der Waals surface area contributed by atoms with Crippen LogP contribution in [0.1, 0.15) is 17.4 Å². The Bertz CT molecular complexity index is 734. The number of fused-ring (bicyclic) bond motifs is 1. The van der Waals surface area contributed by atoms with Crippen molar-refractivity contribution in [1.82, 2.24) is 5.32 Å². The molecule has 2 nitrogen and oxygen atoms in total. The number of halogens is 2. The standard InChI is InChI=1S/C16H13Cl2NO/c1-19-15(10-5-7-12(17)8-6-10)14-9-11-3-2-4-13(18)16(11)20-14/h2-9,15,19H,1H3. The van der Waals surface area contributed by atoms with Gasteiger partial charge in [0.1, 0.15) is 5.76 Å². The summed E-state index contributed by atoms with van der Waals surface area (Å²) < 4.78 is 5.91. The van der Waals surface area contributed by atoms with Crippen LogP contribution in [0.2, 0.25) is 10.0 Å². The van der Waals surface area contributed by atoms with Gasteiger partial charge >= 0.3 is 0 Å². The van der Waals surface area contributed by atoms with Crippen molar-refractivity contribution < 1.29 is 4.42 Å². The van der Waals surface area contributed by atoms with Crippen LogP contribution in [-0.2, 0) is 0 Å². The van der Waals surface area contributed by atoms with Crippen molar-refractivity contribution in [1.29, 1.82) is 0 Å². The second-order valence-electron chi connectivity index (χ2n) is 4.58. The predicted octanol–water partition coefficient (Wildman–Crippen LogP) is 5.05. The van der Waals surface area contributed by atoms with Crippen LogP contribution < -0.4 is 5.32 Å². The van der Waals surface area contributed by atoms with Crippen LogP contribution in [0.15, 0.2) is 52.9 Å². The van der Waals surface area contributed by atoms with Crippen LogP contribution in [0.25, 0.3) is 11.0 Å². The first kappa shape index (κ1) is 13.5. The van der Waals surface area contributed by atoms with Crippen LogP contribution in [0, 0.1) is 0 Å². The summed E-state index contributed by atoms with van der Waals surface area (Å²) in [5, 5.41) is 5.60. The molecule has 102 valence electrons. The maximum atomic E-state index is 6.15. The molecule has 1 unspecified atom stereocenters. The second-order valence-corrected chi connectivity index (χ2v) is 5.42. The average molecular weight is 306 g/mol. The molecule has 0 bridgehead atoms. The minimum absolute atomic E-state index is 0.0317. The summed E-state index contributed by atoms with van der Waals surface area (Å²) in [7, 11) is 1.90. The normalized spacial score (nSPS) is 12.8. The average Bonchev–Trinajstić information content (AvgIpc) is 2.87. The van der Waals surface area contributed by atoms with Gasteiger partial charge in [0.15, 0.2) is 5.58 Å². The van der Waals surface area contributed by atoms with Gasteiger partial charge in [0.2, 0.25) is 0 Å². The monoisotopic (exact) mass is 305 g/mol. The van der Waals surface area contributed by atoms with Crippen molar-refractivity contribution in [3.05, 3.63) is 69.9 Å². The lowest BCUT2D eigenvalue weighted by atomic mass is 10.0. The topological polar surface area (TPSA) is 25.2 Å². The highest BCUT2D eigenvalue weighted by molar-refractivity contribution is 6.34. The van der Waals surface area contributed by atoms with Crippen molar-refractivity contribution in [3.63, 3.8) is 0 Å². The van der Waals surface area contributed by atoms with E-state index in [0.29, 0.717) is 5.02 Å². The maximum Gasteiger partial charge on any atom is 0.152 e. The Kier molecular flexibility index (Phi) is 3.70. The minimum Gasteiger partial charge on any atom is -0.457 e. The van der Waals surface area contributed by atoms with E-state index in [4.69, 9.17) is 27.6 Å². The van der Waals surface area contributed by atoms with Crippen molar-refractivity contribution in [2.45, 2.75) is 6.04 Å². The zero-order valence-electron chi connectivity index (χ0n) is 10.9. The van der Waals surface area contributed by atoms with E-state index in [-0.39, 0.29) is 6.04 Å². The molecule has 0 aliphatic rings. The summed E-state index contributed by atoms with van der Waals surface area (Å²) >= 11 is 12.1. The summed E-state index contributed by atoms with van der Waals surface area (Å²) in [6.07, 6.45) is 0. The van der Waals surface area contributed by atoms with Crippen LogP contribution >= 0.6 is 23.2 Å². The van der Waals surface area contributed by atoms with E-state index in [0.717, 1.165) is 27.3 Å². The molecular formula is C16H13Cl2NO. The molecule has 2 aromatic carbocycles. The van der Waals surface area contributed by atoms with Gasteiger partial charge in [-0.15, -0.1) is 0 Å². The molecule has 20 heavy (non-hydrogen) atoms. The van der Waals surface area contributed by atoms with E-state index in [1.807, 2.05) is 55.6 Å². The van der Waals surface area contributed by atoms with Gasteiger partial charge in [-0.2, -0.15) is 0 Å². The highest BCUT2D eigenvalue weighted by atomic mass is 35.5. The van der Waals surface area contributed by atoms with Crippen LogP contribution in [0.3, 0.4) is 0 Å². The number of para-hydroxylation sites is 1. The quantitative estimate of drug-likeness (QED) is 0.732. The number of benzene rings is 2. The molecular weight excluding hydrogens is 293 g/mol. The molecule has 1 atom stereocenters. The Balaban J connectivity index is 2.07. The van der Waals surface area contributed by atoms with E-state index >= 15 is 0 Å².